The molecule has 1 saturated carbocycles. The molecule has 1 aromatic rings. The van der Waals surface area contributed by atoms with Gasteiger partial charge in [0.2, 0.25) is 0 Å². The summed E-state index contributed by atoms with van der Waals surface area (Å²) < 4.78 is 5.74. The lowest BCUT2D eigenvalue weighted by molar-refractivity contribution is -0.152. The molecule has 1 fully saturated rings. The summed E-state index contributed by atoms with van der Waals surface area (Å²) >= 11 is 0. The number of benzene rings is 1. The monoisotopic (exact) mass is 287 g/mol. The smallest absolute Gasteiger partial charge is 0.306 e. The fourth-order valence-electron chi connectivity index (χ4n) is 3.94. The summed E-state index contributed by atoms with van der Waals surface area (Å²) in [7, 11) is 0. The average Bonchev–Trinajstić information content (AvgIpc) is 2.81. The van der Waals surface area contributed by atoms with E-state index in [9.17, 15) is 4.79 Å². The zero-order chi connectivity index (χ0) is 14.8. The lowest BCUT2D eigenvalue weighted by Gasteiger charge is -2.31. The zero-order valence-electron chi connectivity index (χ0n) is 13.0. The van der Waals surface area contributed by atoms with E-state index in [1.54, 1.807) is 0 Å². The van der Waals surface area contributed by atoms with Crippen LogP contribution in [0.4, 0.5) is 5.69 Å². The van der Waals surface area contributed by atoms with Crippen molar-refractivity contribution >= 4 is 11.7 Å². The van der Waals surface area contributed by atoms with Crippen LogP contribution >= 0.6 is 0 Å². The largest absolute Gasteiger partial charge is 0.462 e. The van der Waals surface area contributed by atoms with Crippen LogP contribution in [0.1, 0.15) is 51.0 Å². The molecule has 114 valence electrons. The fraction of sp³-hybridized carbons (Fsp3) is 0.611. The second kappa shape index (κ2) is 6.08. The van der Waals surface area contributed by atoms with Crippen molar-refractivity contribution in [1.29, 1.82) is 0 Å². The molecule has 3 atom stereocenters. The summed E-state index contributed by atoms with van der Waals surface area (Å²) in [5, 5.41) is 3.37. The van der Waals surface area contributed by atoms with Crippen molar-refractivity contribution in [2.45, 2.75) is 51.6 Å². The third kappa shape index (κ3) is 3.39. The van der Waals surface area contributed by atoms with Crippen LogP contribution in [0.2, 0.25) is 0 Å². The Kier molecular flexibility index (Phi) is 4.18. The highest BCUT2D eigenvalue weighted by molar-refractivity contribution is 5.72. The molecule has 0 saturated heterocycles. The zero-order valence-corrected chi connectivity index (χ0v) is 13.0. The van der Waals surface area contributed by atoms with E-state index in [0.717, 1.165) is 25.1 Å². The molecule has 2 aliphatic rings. The standard InChI is InChI=1S/C18H25NO2/c1-12-7-13(2)9-15(8-12)21-18(20)10-14-11-19-17-6-4-3-5-16(14)17/h3-6,12-15,19H,7-11H2,1-2H3. The normalized spacial score (nSPS) is 31.3. The summed E-state index contributed by atoms with van der Waals surface area (Å²) in [5.74, 6) is 1.55. The molecule has 3 nitrogen and oxygen atoms in total. The van der Waals surface area contributed by atoms with Crippen LogP contribution in [0.25, 0.3) is 0 Å². The van der Waals surface area contributed by atoms with E-state index < -0.39 is 0 Å². The number of carbonyl (C=O) groups is 1. The van der Waals surface area contributed by atoms with Gasteiger partial charge in [0.1, 0.15) is 6.10 Å². The number of ether oxygens (including phenoxy) is 1. The van der Waals surface area contributed by atoms with Crippen LogP contribution in [0.5, 0.6) is 0 Å². The van der Waals surface area contributed by atoms with E-state index in [0.29, 0.717) is 18.3 Å². The van der Waals surface area contributed by atoms with Crippen molar-refractivity contribution in [1.82, 2.24) is 0 Å². The summed E-state index contributed by atoms with van der Waals surface area (Å²) in [6.45, 7) is 5.35. The van der Waals surface area contributed by atoms with Crippen LogP contribution in [-0.2, 0) is 9.53 Å². The van der Waals surface area contributed by atoms with E-state index in [1.165, 1.54) is 12.0 Å². The van der Waals surface area contributed by atoms with Crippen LogP contribution in [0, 0.1) is 11.8 Å². The van der Waals surface area contributed by atoms with Gasteiger partial charge in [-0.25, -0.2) is 0 Å². The molecule has 0 radical (unpaired) electrons. The van der Waals surface area contributed by atoms with Crippen LogP contribution in [-0.4, -0.2) is 18.6 Å². The maximum atomic E-state index is 12.2. The number of fused-ring (bicyclic) bond motifs is 1. The Balaban J connectivity index is 1.55. The van der Waals surface area contributed by atoms with Crippen LogP contribution in [0.3, 0.4) is 0 Å². The number of rotatable bonds is 3. The van der Waals surface area contributed by atoms with Gasteiger partial charge in [0, 0.05) is 18.2 Å². The first-order chi connectivity index (χ1) is 10.1. The Morgan fingerprint density at radius 3 is 2.67 bits per heavy atom. The minimum absolute atomic E-state index is 0.0372. The Bertz CT molecular complexity index is 504. The van der Waals surface area contributed by atoms with Crippen molar-refractivity contribution in [3.63, 3.8) is 0 Å². The second-order valence-corrected chi connectivity index (χ2v) is 6.90. The predicted molar refractivity (Wildman–Crippen MR) is 84.3 cm³/mol. The molecule has 3 heteroatoms. The Morgan fingerprint density at radius 2 is 1.90 bits per heavy atom. The summed E-state index contributed by atoms with van der Waals surface area (Å²) in [6, 6.07) is 8.25. The molecule has 21 heavy (non-hydrogen) atoms. The van der Waals surface area contributed by atoms with Crippen LogP contribution < -0.4 is 5.32 Å². The van der Waals surface area contributed by atoms with Crippen LogP contribution in [0.15, 0.2) is 24.3 Å². The lowest BCUT2D eigenvalue weighted by Crippen LogP contribution is -2.29. The van der Waals surface area contributed by atoms with Gasteiger partial charge in [0.05, 0.1) is 6.42 Å². The summed E-state index contributed by atoms with van der Waals surface area (Å²) in [6.07, 6.45) is 3.92. The van der Waals surface area contributed by atoms with E-state index in [-0.39, 0.29) is 18.0 Å². The molecular weight excluding hydrogens is 262 g/mol. The van der Waals surface area contributed by atoms with Crippen molar-refractivity contribution < 1.29 is 9.53 Å². The quantitative estimate of drug-likeness (QED) is 0.855. The maximum Gasteiger partial charge on any atom is 0.306 e. The highest BCUT2D eigenvalue weighted by Gasteiger charge is 2.29. The molecule has 0 aromatic heterocycles. The van der Waals surface area contributed by atoms with Gasteiger partial charge in [0.25, 0.3) is 0 Å². The Labute approximate surface area is 127 Å². The molecule has 3 rings (SSSR count). The van der Waals surface area contributed by atoms with Gasteiger partial charge in [-0.05, 0) is 42.7 Å². The van der Waals surface area contributed by atoms with Gasteiger partial charge >= 0.3 is 5.97 Å². The molecule has 1 N–H and O–H groups in total. The van der Waals surface area contributed by atoms with Gasteiger partial charge in [0.15, 0.2) is 0 Å². The predicted octanol–water partition coefficient (Wildman–Crippen LogP) is 3.95. The highest BCUT2D eigenvalue weighted by atomic mass is 16.5. The first-order valence-electron chi connectivity index (χ1n) is 8.14. The number of hydrogen-bond donors (Lipinski definition) is 1. The number of nitrogens with one attached hydrogen (secondary N) is 1. The van der Waals surface area contributed by atoms with E-state index >= 15 is 0 Å². The SMILES string of the molecule is CC1CC(C)CC(OC(=O)CC2CNc3ccccc32)C1. The average molecular weight is 287 g/mol. The maximum absolute atomic E-state index is 12.2. The number of esters is 1. The van der Waals surface area contributed by atoms with Crippen molar-refractivity contribution in [3.05, 3.63) is 29.8 Å². The van der Waals surface area contributed by atoms with Gasteiger partial charge in [-0.1, -0.05) is 32.0 Å². The fourth-order valence-corrected chi connectivity index (χ4v) is 3.94. The van der Waals surface area contributed by atoms with E-state index in [1.807, 2.05) is 12.1 Å². The van der Waals surface area contributed by atoms with Gasteiger partial charge in [-0.3, -0.25) is 4.79 Å². The minimum atomic E-state index is -0.0372. The molecule has 1 heterocycles. The number of carbonyl (C=O) groups excluding carboxylic acids is 1. The summed E-state index contributed by atoms with van der Waals surface area (Å²) in [4.78, 5) is 12.2. The van der Waals surface area contributed by atoms with Crippen molar-refractivity contribution in [2.24, 2.45) is 11.8 Å². The molecule has 0 spiro atoms. The van der Waals surface area contributed by atoms with E-state index in [4.69, 9.17) is 4.74 Å². The molecular formula is C18H25NO2. The molecule has 1 aliphatic carbocycles. The molecule has 1 aliphatic heterocycles. The lowest BCUT2D eigenvalue weighted by atomic mass is 9.82. The highest BCUT2D eigenvalue weighted by Crippen LogP contribution is 2.34. The Hall–Kier alpha value is -1.51. The Morgan fingerprint density at radius 1 is 1.19 bits per heavy atom. The van der Waals surface area contributed by atoms with E-state index in [2.05, 4.69) is 31.3 Å². The minimum Gasteiger partial charge on any atom is -0.462 e. The number of anilines is 1. The third-order valence-electron chi connectivity index (χ3n) is 4.79. The molecule has 0 bridgehead atoms. The number of hydrogen-bond acceptors (Lipinski definition) is 3. The summed E-state index contributed by atoms with van der Waals surface area (Å²) in [5.41, 5.74) is 2.41. The first-order valence-corrected chi connectivity index (χ1v) is 8.14. The first kappa shape index (κ1) is 14.4. The van der Waals surface area contributed by atoms with Gasteiger partial charge < -0.3 is 10.1 Å². The molecule has 1 aromatic carbocycles. The molecule has 3 unspecified atom stereocenters. The third-order valence-corrected chi connectivity index (χ3v) is 4.79. The topological polar surface area (TPSA) is 38.3 Å². The second-order valence-electron chi connectivity index (χ2n) is 6.90. The van der Waals surface area contributed by atoms with Crippen molar-refractivity contribution in [3.8, 4) is 0 Å². The number of para-hydroxylation sites is 1. The van der Waals surface area contributed by atoms with Gasteiger partial charge in [-0.2, -0.15) is 0 Å². The molecule has 0 amide bonds. The van der Waals surface area contributed by atoms with Crippen molar-refractivity contribution in [2.75, 3.05) is 11.9 Å². The van der Waals surface area contributed by atoms with Gasteiger partial charge in [-0.15, -0.1) is 0 Å².